The molecule has 146 valence electrons. The van der Waals surface area contributed by atoms with Gasteiger partial charge in [0, 0.05) is 30.1 Å². The summed E-state index contributed by atoms with van der Waals surface area (Å²) < 4.78 is 0. The lowest BCUT2D eigenvalue weighted by molar-refractivity contribution is 0.298. The second-order valence-corrected chi connectivity index (χ2v) is 7.88. The molecule has 0 bridgehead atoms. The maximum absolute atomic E-state index is 5.51. The van der Waals surface area contributed by atoms with Crippen molar-refractivity contribution in [3.05, 3.63) is 53.4 Å². The van der Waals surface area contributed by atoms with Crippen LogP contribution in [0.2, 0.25) is 0 Å². The van der Waals surface area contributed by atoms with Crippen molar-refractivity contribution < 1.29 is 0 Å². The van der Waals surface area contributed by atoms with Crippen molar-refractivity contribution in [1.29, 1.82) is 0 Å². The fourth-order valence-corrected chi connectivity index (χ4v) is 4.51. The van der Waals surface area contributed by atoms with Crippen molar-refractivity contribution in [3.8, 4) is 17.5 Å². The molecule has 0 spiro atoms. The molecule has 1 saturated carbocycles. The van der Waals surface area contributed by atoms with Gasteiger partial charge in [0.1, 0.15) is 5.69 Å². The minimum atomic E-state index is 0.239. The van der Waals surface area contributed by atoms with Crippen LogP contribution < -0.4 is 5.73 Å². The number of fused-ring (bicyclic) bond motifs is 1. The van der Waals surface area contributed by atoms with E-state index < -0.39 is 0 Å². The number of hydrogen-bond acceptors (Lipinski definition) is 6. The topological polar surface area (TPSA) is 95.4 Å². The van der Waals surface area contributed by atoms with E-state index in [9.17, 15) is 0 Å². The Labute approximate surface area is 169 Å². The molecule has 2 aliphatic carbocycles. The Morgan fingerprint density at radius 1 is 0.897 bits per heavy atom. The van der Waals surface area contributed by atoms with Crippen molar-refractivity contribution >= 4 is 5.95 Å². The van der Waals surface area contributed by atoms with Gasteiger partial charge in [0.05, 0.1) is 23.1 Å². The maximum Gasteiger partial charge on any atom is 0.219 e. The number of rotatable bonds is 2. The Kier molecular flexibility index (Phi) is 4.68. The predicted molar refractivity (Wildman–Crippen MR) is 109 cm³/mol. The first-order chi connectivity index (χ1) is 14.3. The van der Waals surface area contributed by atoms with Gasteiger partial charge >= 0.3 is 0 Å². The summed E-state index contributed by atoms with van der Waals surface area (Å²) in [6.07, 6.45) is 15.7. The normalized spacial score (nSPS) is 18.8. The van der Waals surface area contributed by atoms with Gasteiger partial charge in [-0.25, -0.2) is 9.97 Å². The molecule has 0 aromatic carbocycles. The molecule has 7 heteroatoms. The minimum Gasteiger partial charge on any atom is -0.368 e. The third-order valence-corrected chi connectivity index (χ3v) is 5.95. The molecule has 3 aromatic rings. The Morgan fingerprint density at radius 2 is 1.69 bits per heavy atom. The van der Waals surface area contributed by atoms with Crippen molar-refractivity contribution in [3.63, 3.8) is 0 Å². The average molecular weight is 385 g/mol. The molecule has 0 saturated heterocycles. The summed E-state index contributed by atoms with van der Waals surface area (Å²) in [5, 5.41) is 9.63. The summed E-state index contributed by atoms with van der Waals surface area (Å²) in [6, 6.07) is 1.96. The summed E-state index contributed by atoms with van der Waals surface area (Å²) in [6.45, 7) is 0. The van der Waals surface area contributed by atoms with Gasteiger partial charge in [-0.2, -0.15) is 10.2 Å². The summed E-state index contributed by atoms with van der Waals surface area (Å²) in [5.74, 6) is 7.71. The van der Waals surface area contributed by atoms with Crippen molar-refractivity contribution in [2.24, 2.45) is 5.92 Å². The number of hydrogen-bond donors (Lipinski definition) is 1. The van der Waals surface area contributed by atoms with Crippen molar-refractivity contribution in [2.75, 3.05) is 5.73 Å². The van der Waals surface area contributed by atoms with Crippen LogP contribution >= 0.6 is 0 Å². The quantitative estimate of drug-likeness (QED) is 0.681. The molecule has 0 aliphatic heterocycles. The Morgan fingerprint density at radius 3 is 2.52 bits per heavy atom. The van der Waals surface area contributed by atoms with E-state index >= 15 is 0 Å². The molecule has 5 rings (SSSR count). The predicted octanol–water partition coefficient (Wildman–Crippen LogP) is 3.04. The first-order valence-corrected chi connectivity index (χ1v) is 10.3. The van der Waals surface area contributed by atoms with E-state index in [1.807, 2.05) is 6.07 Å². The van der Waals surface area contributed by atoms with Gasteiger partial charge in [-0.1, -0.05) is 31.1 Å². The van der Waals surface area contributed by atoms with Crippen molar-refractivity contribution in [1.82, 2.24) is 29.9 Å². The maximum atomic E-state index is 5.51. The monoisotopic (exact) mass is 385 g/mol. The van der Waals surface area contributed by atoms with Crippen LogP contribution in [0.3, 0.4) is 0 Å². The zero-order chi connectivity index (χ0) is 19.6. The molecule has 1 unspecified atom stereocenters. The van der Waals surface area contributed by atoms with E-state index in [-0.39, 0.29) is 5.95 Å². The molecule has 1 atom stereocenters. The zero-order valence-electron chi connectivity index (χ0n) is 16.3. The van der Waals surface area contributed by atoms with Gasteiger partial charge in [-0.15, -0.1) is 4.80 Å². The summed E-state index contributed by atoms with van der Waals surface area (Å²) in [4.78, 5) is 14.0. The molecule has 2 N–H and O–H groups in total. The number of nitrogens with two attached hydrogens (primary N) is 1. The lowest BCUT2D eigenvalue weighted by atomic mass is 9.79. The highest BCUT2D eigenvalue weighted by atomic mass is 15.5. The number of nitrogen functional groups attached to an aromatic ring is 1. The fourth-order valence-electron chi connectivity index (χ4n) is 4.51. The number of anilines is 1. The molecule has 2 aliphatic rings. The molecular formula is C22H23N7. The average Bonchev–Trinajstić information content (AvgIpc) is 3.35. The van der Waals surface area contributed by atoms with Crippen LogP contribution in [0.1, 0.15) is 67.0 Å². The first kappa shape index (κ1) is 17.8. The van der Waals surface area contributed by atoms with Crippen LogP contribution in [-0.4, -0.2) is 29.9 Å². The Bertz CT molecular complexity index is 1070. The molecule has 0 amide bonds. The van der Waals surface area contributed by atoms with Crippen LogP contribution in [0, 0.1) is 17.8 Å². The summed E-state index contributed by atoms with van der Waals surface area (Å²) >= 11 is 0. The molecule has 7 nitrogen and oxygen atoms in total. The highest BCUT2D eigenvalue weighted by Crippen LogP contribution is 2.42. The third-order valence-electron chi connectivity index (χ3n) is 5.95. The summed E-state index contributed by atoms with van der Waals surface area (Å²) in [7, 11) is 0. The van der Waals surface area contributed by atoms with Gasteiger partial charge in [0.25, 0.3) is 0 Å². The molecule has 1 fully saturated rings. The first-order valence-electron chi connectivity index (χ1n) is 10.3. The van der Waals surface area contributed by atoms with Gasteiger partial charge < -0.3 is 5.73 Å². The van der Waals surface area contributed by atoms with Crippen LogP contribution in [0.4, 0.5) is 5.95 Å². The number of pyridine rings is 1. The molecule has 3 aromatic heterocycles. The van der Waals surface area contributed by atoms with E-state index in [0.29, 0.717) is 11.5 Å². The van der Waals surface area contributed by atoms with Crippen LogP contribution in [0.5, 0.6) is 0 Å². The molecule has 0 radical (unpaired) electrons. The lowest BCUT2D eigenvalue weighted by Gasteiger charge is -2.26. The van der Waals surface area contributed by atoms with Gasteiger partial charge in [-0.05, 0) is 37.7 Å². The largest absolute Gasteiger partial charge is 0.368 e. The van der Waals surface area contributed by atoms with Crippen LogP contribution in [-0.2, 0) is 6.42 Å². The Balaban J connectivity index is 1.39. The second kappa shape index (κ2) is 7.63. The van der Waals surface area contributed by atoms with Gasteiger partial charge in [-0.3, -0.25) is 4.98 Å². The van der Waals surface area contributed by atoms with E-state index in [1.165, 1.54) is 44.2 Å². The highest BCUT2D eigenvalue weighted by Gasteiger charge is 2.34. The Hall–Kier alpha value is -3.27. The molecule has 3 heterocycles. The molecule has 29 heavy (non-hydrogen) atoms. The fraction of sp³-hybridized carbons (Fsp3) is 0.409. The lowest BCUT2D eigenvalue weighted by Crippen LogP contribution is -2.15. The van der Waals surface area contributed by atoms with Crippen molar-refractivity contribution in [2.45, 2.75) is 50.9 Å². The minimum absolute atomic E-state index is 0.239. The van der Waals surface area contributed by atoms with E-state index in [4.69, 9.17) is 15.9 Å². The zero-order valence-corrected chi connectivity index (χ0v) is 16.3. The van der Waals surface area contributed by atoms with E-state index in [0.717, 1.165) is 29.3 Å². The van der Waals surface area contributed by atoms with E-state index in [1.54, 1.807) is 29.6 Å². The molecular weight excluding hydrogens is 362 g/mol. The van der Waals surface area contributed by atoms with Crippen LogP contribution in [0.15, 0.2) is 30.9 Å². The number of aromatic nitrogens is 6. The van der Waals surface area contributed by atoms with Gasteiger partial charge in [0.15, 0.2) is 0 Å². The SMILES string of the molecule is Nc1ncc(C#Cc2cncc(-n3nc4c(n3)C(C3CCCCC3)CC4)c2)cn1. The summed E-state index contributed by atoms with van der Waals surface area (Å²) in [5.41, 5.74) is 10.2. The van der Waals surface area contributed by atoms with E-state index in [2.05, 4.69) is 26.8 Å². The van der Waals surface area contributed by atoms with Crippen LogP contribution in [0.25, 0.3) is 5.69 Å². The van der Waals surface area contributed by atoms with Gasteiger partial charge in [0.2, 0.25) is 5.95 Å². The third kappa shape index (κ3) is 3.70. The highest BCUT2D eigenvalue weighted by molar-refractivity contribution is 5.44. The smallest absolute Gasteiger partial charge is 0.219 e. The standard InChI is InChI=1S/C22H23N7/c23-22-25-12-16(13-26-22)7-6-15-10-18(14-24-11-15)29-27-20-9-8-19(21(20)28-29)17-4-2-1-3-5-17/h10-14,17,19H,1-5,8-9H2,(H2,23,25,26). The number of aryl methyl sites for hydroxylation is 1. The second-order valence-electron chi connectivity index (χ2n) is 7.88. The number of nitrogens with zero attached hydrogens (tertiary/aromatic N) is 6.